The second-order valence-corrected chi connectivity index (χ2v) is 8.12. The summed E-state index contributed by atoms with van der Waals surface area (Å²) in [5, 5.41) is 3.48. The third-order valence-electron chi connectivity index (χ3n) is 5.19. The molecule has 29 heavy (non-hydrogen) atoms. The van der Waals surface area contributed by atoms with Crippen LogP contribution in [0.5, 0.6) is 11.5 Å². The molecule has 1 amide bonds. The number of benzene rings is 1. The van der Waals surface area contributed by atoms with E-state index in [-0.39, 0.29) is 18.0 Å². The molecule has 0 saturated heterocycles. The third-order valence-corrected chi connectivity index (χ3v) is 6.39. The molecule has 4 rings (SSSR count). The highest BCUT2D eigenvalue weighted by Crippen LogP contribution is 2.33. The largest absolute Gasteiger partial charge is 0.497 e. The number of amides is 1. The van der Waals surface area contributed by atoms with Crippen LogP contribution in [0.4, 0.5) is 5.69 Å². The van der Waals surface area contributed by atoms with Crippen molar-refractivity contribution < 1.29 is 14.3 Å². The van der Waals surface area contributed by atoms with Gasteiger partial charge < -0.3 is 14.8 Å². The first-order valence-corrected chi connectivity index (χ1v) is 10.4. The molecule has 1 aliphatic carbocycles. The number of nitrogens with one attached hydrogen (secondary N) is 1. The Morgan fingerprint density at radius 1 is 1.21 bits per heavy atom. The Morgan fingerprint density at radius 3 is 2.83 bits per heavy atom. The summed E-state index contributed by atoms with van der Waals surface area (Å²) in [5.41, 5.74) is 1.47. The number of aromatic nitrogens is 2. The average Bonchev–Trinajstić information content (AvgIpc) is 2.92. The molecule has 0 spiro atoms. The summed E-state index contributed by atoms with van der Waals surface area (Å²) in [6, 6.07) is 5.15. The normalized spacial score (nSPS) is 13.6. The molecular weight excluding hydrogens is 390 g/mol. The van der Waals surface area contributed by atoms with Gasteiger partial charge in [0, 0.05) is 10.9 Å². The SMILES string of the molecule is COc1ccc(OC)c(NC(=O)Cn2cnc3sc4c(c3c2=O)CCCCC4)c1. The Kier molecular flexibility index (Phi) is 5.53. The number of hydrogen-bond acceptors (Lipinski definition) is 6. The zero-order valence-corrected chi connectivity index (χ0v) is 17.3. The first-order valence-electron chi connectivity index (χ1n) is 9.62. The van der Waals surface area contributed by atoms with Gasteiger partial charge in [-0.25, -0.2) is 4.98 Å². The van der Waals surface area contributed by atoms with Crippen LogP contribution < -0.4 is 20.3 Å². The van der Waals surface area contributed by atoms with Crippen molar-refractivity contribution in [1.82, 2.24) is 9.55 Å². The predicted molar refractivity (Wildman–Crippen MR) is 113 cm³/mol. The molecule has 1 aliphatic rings. The van der Waals surface area contributed by atoms with E-state index in [1.54, 1.807) is 36.6 Å². The van der Waals surface area contributed by atoms with Crippen molar-refractivity contribution in [2.75, 3.05) is 19.5 Å². The fraction of sp³-hybridized carbons (Fsp3) is 0.381. The number of rotatable bonds is 5. The number of nitrogens with zero attached hydrogens (tertiary/aromatic N) is 2. The number of thiophene rings is 1. The molecule has 152 valence electrons. The van der Waals surface area contributed by atoms with E-state index in [0.29, 0.717) is 22.6 Å². The summed E-state index contributed by atoms with van der Waals surface area (Å²) in [6.45, 7) is -0.118. The number of carbonyl (C=O) groups excluding carboxylic acids is 1. The van der Waals surface area contributed by atoms with Crippen LogP contribution in [0.1, 0.15) is 29.7 Å². The molecule has 0 bridgehead atoms. The zero-order chi connectivity index (χ0) is 20.4. The lowest BCUT2D eigenvalue weighted by Gasteiger charge is -2.12. The highest BCUT2D eigenvalue weighted by Gasteiger charge is 2.20. The second-order valence-electron chi connectivity index (χ2n) is 7.04. The molecule has 7 nitrogen and oxygen atoms in total. The van der Waals surface area contributed by atoms with Crippen LogP contribution in [0.15, 0.2) is 29.3 Å². The fourth-order valence-corrected chi connectivity index (χ4v) is 4.95. The van der Waals surface area contributed by atoms with Crippen molar-refractivity contribution in [3.63, 3.8) is 0 Å². The molecule has 0 unspecified atom stereocenters. The highest BCUT2D eigenvalue weighted by molar-refractivity contribution is 7.18. The van der Waals surface area contributed by atoms with Gasteiger partial charge in [0.2, 0.25) is 5.91 Å². The van der Waals surface area contributed by atoms with E-state index < -0.39 is 0 Å². The smallest absolute Gasteiger partial charge is 0.262 e. The van der Waals surface area contributed by atoms with Crippen LogP contribution >= 0.6 is 11.3 Å². The topological polar surface area (TPSA) is 82.4 Å². The highest BCUT2D eigenvalue weighted by atomic mass is 32.1. The summed E-state index contributed by atoms with van der Waals surface area (Å²) >= 11 is 1.61. The number of hydrogen-bond donors (Lipinski definition) is 1. The summed E-state index contributed by atoms with van der Waals surface area (Å²) in [7, 11) is 3.08. The first-order chi connectivity index (χ1) is 14.1. The molecule has 2 aromatic heterocycles. The Hall–Kier alpha value is -2.87. The molecule has 1 N–H and O–H groups in total. The van der Waals surface area contributed by atoms with Gasteiger partial charge in [0.05, 0.1) is 31.6 Å². The van der Waals surface area contributed by atoms with E-state index in [1.165, 1.54) is 29.3 Å². The maximum absolute atomic E-state index is 13.1. The van der Waals surface area contributed by atoms with E-state index in [1.807, 2.05) is 0 Å². The monoisotopic (exact) mass is 413 g/mol. The van der Waals surface area contributed by atoms with Crippen molar-refractivity contribution >= 4 is 33.1 Å². The molecule has 0 atom stereocenters. The summed E-state index contributed by atoms with van der Waals surface area (Å²) in [4.78, 5) is 32.2. The van der Waals surface area contributed by atoms with Gasteiger partial charge in [0.15, 0.2) is 0 Å². The van der Waals surface area contributed by atoms with Crippen molar-refractivity contribution in [2.24, 2.45) is 0 Å². The van der Waals surface area contributed by atoms with Crippen LogP contribution in [0.3, 0.4) is 0 Å². The molecule has 3 aromatic rings. The molecule has 0 saturated carbocycles. The standard InChI is InChI=1S/C21H23N3O4S/c1-27-13-8-9-16(28-2)15(10-13)23-18(25)11-24-12-22-20-19(21(24)26)14-6-4-3-5-7-17(14)29-20/h8-10,12H,3-7,11H2,1-2H3,(H,23,25). The zero-order valence-electron chi connectivity index (χ0n) is 16.5. The first kappa shape index (κ1) is 19.4. The van der Waals surface area contributed by atoms with Gasteiger partial charge in [-0.1, -0.05) is 6.42 Å². The predicted octanol–water partition coefficient (Wildman–Crippen LogP) is 3.38. The van der Waals surface area contributed by atoms with Crippen LogP contribution in [0.2, 0.25) is 0 Å². The Bertz CT molecular complexity index is 1120. The minimum absolute atomic E-state index is 0.118. The Labute approximate surface area is 172 Å². The minimum Gasteiger partial charge on any atom is -0.497 e. The van der Waals surface area contributed by atoms with Crippen molar-refractivity contribution in [3.8, 4) is 11.5 Å². The van der Waals surface area contributed by atoms with Gasteiger partial charge >= 0.3 is 0 Å². The lowest BCUT2D eigenvalue weighted by atomic mass is 10.1. The van der Waals surface area contributed by atoms with Crippen LogP contribution in [-0.2, 0) is 24.2 Å². The van der Waals surface area contributed by atoms with Crippen LogP contribution in [0.25, 0.3) is 10.2 Å². The van der Waals surface area contributed by atoms with Crippen molar-refractivity contribution in [3.05, 3.63) is 45.3 Å². The van der Waals surface area contributed by atoms with Crippen LogP contribution in [-0.4, -0.2) is 29.7 Å². The maximum atomic E-state index is 13.1. The van der Waals surface area contributed by atoms with Crippen molar-refractivity contribution in [1.29, 1.82) is 0 Å². The van der Waals surface area contributed by atoms with Gasteiger partial charge in [0.25, 0.3) is 5.56 Å². The Morgan fingerprint density at radius 2 is 2.03 bits per heavy atom. The number of fused-ring (bicyclic) bond motifs is 3. The minimum atomic E-state index is -0.332. The Balaban J connectivity index is 1.61. The van der Waals surface area contributed by atoms with E-state index in [9.17, 15) is 9.59 Å². The number of ether oxygens (including phenoxy) is 2. The molecule has 0 aliphatic heterocycles. The molecular formula is C21H23N3O4S. The van der Waals surface area contributed by atoms with Crippen LogP contribution in [0, 0.1) is 0 Å². The number of anilines is 1. The number of aryl methyl sites for hydroxylation is 2. The molecule has 0 radical (unpaired) electrons. The van der Waals surface area contributed by atoms with Gasteiger partial charge in [-0.05, 0) is 43.4 Å². The van der Waals surface area contributed by atoms with Gasteiger partial charge in [0.1, 0.15) is 22.9 Å². The molecule has 2 heterocycles. The molecule has 1 aromatic carbocycles. The van der Waals surface area contributed by atoms with E-state index in [0.717, 1.165) is 36.1 Å². The van der Waals surface area contributed by atoms with E-state index in [2.05, 4.69) is 10.3 Å². The van der Waals surface area contributed by atoms with Gasteiger partial charge in [-0.15, -0.1) is 11.3 Å². The fourth-order valence-electron chi connectivity index (χ4n) is 3.73. The summed E-state index contributed by atoms with van der Waals surface area (Å²) in [5.74, 6) is 0.784. The third kappa shape index (κ3) is 3.85. The summed E-state index contributed by atoms with van der Waals surface area (Å²) in [6.07, 6.45) is 6.79. The summed E-state index contributed by atoms with van der Waals surface area (Å²) < 4.78 is 11.9. The molecule has 8 heteroatoms. The number of methoxy groups -OCH3 is 2. The van der Waals surface area contributed by atoms with E-state index in [4.69, 9.17) is 9.47 Å². The average molecular weight is 413 g/mol. The van der Waals surface area contributed by atoms with E-state index >= 15 is 0 Å². The second kappa shape index (κ2) is 8.24. The number of carbonyl (C=O) groups is 1. The molecule has 0 fully saturated rings. The van der Waals surface area contributed by atoms with Gasteiger partial charge in [-0.3, -0.25) is 14.2 Å². The quantitative estimate of drug-likeness (QED) is 0.649. The van der Waals surface area contributed by atoms with Crippen molar-refractivity contribution in [2.45, 2.75) is 38.6 Å². The maximum Gasteiger partial charge on any atom is 0.262 e. The lowest BCUT2D eigenvalue weighted by Crippen LogP contribution is -2.28. The van der Waals surface area contributed by atoms with Gasteiger partial charge in [-0.2, -0.15) is 0 Å². The lowest BCUT2D eigenvalue weighted by molar-refractivity contribution is -0.116.